The van der Waals surface area contributed by atoms with Gasteiger partial charge in [-0.15, -0.1) is 0 Å². The lowest BCUT2D eigenvalue weighted by atomic mass is 10.1. The third-order valence-corrected chi connectivity index (χ3v) is 8.41. The van der Waals surface area contributed by atoms with Crippen molar-refractivity contribution in [2.45, 2.75) is 46.2 Å². The van der Waals surface area contributed by atoms with Gasteiger partial charge in [0.05, 0.1) is 11.4 Å². The van der Waals surface area contributed by atoms with Crippen LogP contribution in [0, 0.1) is 0 Å². The largest absolute Gasteiger partial charge is 0.486 e. The minimum atomic E-state index is -3.88. The number of carbonyl (C=O) groups excluding carboxylic acids is 2. The van der Waals surface area contributed by atoms with E-state index in [-0.39, 0.29) is 23.9 Å². The van der Waals surface area contributed by atoms with Crippen molar-refractivity contribution in [1.82, 2.24) is 10.2 Å². The molecule has 3 rings (SSSR count). The van der Waals surface area contributed by atoms with Crippen LogP contribution in [0.25, 0.3) is 0 Å². The summed E-state index contributed by atoms with van der Waals surface area (Å²) in [6, 6.07) is 8.77. The Morgan fingerprint density at radius 1 is 1.03 bits per heavy atom. The molecule has 0 saturated heterocycles. The molecule has 0 spiro atoms. The van der Waals surface area contributed by atoms with E-state index >= 15 is 0 Å². The van der Waals surface area contributed by atoms with Gasteiger partial charge in [-0.05, 0) is 49.6 Å². The van der Waals surface area contributed by atoms with E-state index in [4.69, 9.17) is 32.7 Å². The number of rotatable bonds is 12. The average Bonchev–Trinajstić information content (AvgIpc) is 2.91. The van der Waals surface area contributed by atoms with Crippen LogP contribution in [0.4, 0.5) is 5.69 Å². The van der Waals surface area contributed by atoms with E-state index in [1.165, 1.54) is 11.8 Å². The quantitative estimate of drug-likeness (QED) is 0.399. The first-order valence-corrected chi connectivity index (χ1v) is 14.9. The lowest BCUT2D eigenvalue weighted by Gasteiger charge is -2.33. The molecule has 9 nitrogen and oxygen atoms in total. The van der Waals surface area contributed by atoms with Crippen LogP contribution in [-0.4, -0.2) is 63.2 Å². The highest BCUT2D eigenvalue weighted by Crippen LogP contribution is 2.35. The number of hydrogen-bond acceptors (Lipinski definition) is 6. The number of benzene rings is 2. The van der Waals surface area contributed by atoms with Gasteiger partial charge in [-0.3, -0.25) is 13.9 Å². The maximum absolute atomic E-state index is 13.9. The van der Waals surface area contributed by atoms with Crippen molar-refractivity contribution < 1.29 is 27.5 Å². The Morgan fingerprint density at radius 3 is 2.37 bits per heavy atom. The number of anilines is 1. The van der Waals surface area contributed by atoms with Crippen LogP contribution in [0.15, 0.2) is 36.4 Å². The number of hydrogen-bond donors (Lipinski definition) is 1. The van der Waals surface area contributed by atoms with E-state index in [0.29, 0.717) is 53.3 Å². The number of fused-ring (bicyclic) bond motifs is 1. The fourth-order valence-corrected chi connectivity index (χ4v) is 5.55. The molecule has 2 aromatic rings. The normalized spacial score (nSPS) is 13.5. The number of carbonyl (C=O) groups is 2. The number of ether oxygens (including phenoxy) is 2. The van der Waals surface area contributed by atoms with Crippen molar-refractivity contribution in [2.24, 2.45) is 0 Å². The number of nitrogens with one attached hydrogen (secondary N) is 1. The number of halogens is 2. The van der Waals surface area contributed by atoms with Crippen LogP contribution in [0.2, 0.25) is 10.0 Å². The van der Waals surface area contributed by atoms with E-state index in [1.54, 1.807) is 43.3 Å². The Bertz CT molecular complexity index is 1260. The molecule has 1 heterocycles. The van der Waals surface area contributed by atoms with Crippen molar-refractivity contribution in [3.8, 4) is 11.5 Å². The third kappa shape index (κ3) is 7.24. The van der Waals surface area contributed by atoms with Crippen LogP contribution < -0.4 is 19.1 Å². The molecule has 0 aromatic heterocycles. The molecule has 0 bridgehead atoms. The van der Waals surface area contributed by atoms with Crippen LogP contribution >= 0.6 is 23.2 Å². The Kier molecular flexibility index (Phi) is 10.5. The second-order valence-corrected chi connectivity index (χ2v) is 11.7. The number of nitrogens with zero attached hydrogens (tertiary/aromatic N) is 2. The highest BCUT2D eigenvalue weighted by atomic mass is 35.5. The summed E-state index contributed by atoms with van der Waals surface area (Å²) in [5, 5.41) is 3.61. The summed E-state index contributed by atoms with van der Waals surface area (Å²) in [6.45, 7) is 5.88. The summed E-state index contributed by atoms with van der Waals surface area (Å²) in [7, 11) is -3.88. The monoisotopic (exact) mass is 585 g/mol. The molecule has 1 aliphatic rings. The fraction of sp³-hybridized carbons (Fsp3) is 0.462. The van der Waals surface area contributed by atoms with Crippen LogP contribution in [0.1, 0.15) is 39.2 Å². The summed E-state index contributed by atoms with van der Waals surface area (Å²) in [5.41, 5.74) is 0.841. The van der Waals surface area contributed by atoms with E-state index in [1.807, 2.05) is 6.92 Å². The van der Waals surface area contributed by atoms with Crippen molar-refractivity contribution in [2.75, 3.05) is 36.4 Å². The number of sulfonamides is 1. The van der Waals surface area contributed by atoms with Gasteiger partial charge in [0.25, 0.3) is 0 Å². The van der Waals surface area contributed by atoms with Gasteiger partial charge in [0, 0.05) is 29.2 Å². The van der Waals surface area contributed by atoms with Gasteiger partial charge in [-0.2, -0.15) is 0 Å². The Hall–Kier alpha value is -2.69. The van der Waals surface area contributed by atoms with Crippen LogP contribution in [-0.2, 0) is 26.2 Å². The lowest BCUT2D eigenvalue weighted by molar-refractivity contribution is -0.140. The smallest absolute Gasteiger partial charge is 0.244 e. The van der Waals surface area contributed by atoms with Gasteiger partial charge in [0.15, 0.2) is 11.5 Å². The Balaban J connectivity index is 1.99. The van der Waals surface area contributed by atoms with E-state index in [0.717, 1.165) is 10.7 Å². The average molecular weight is 587 g/mol. The highest BCUT2D eigenvalue weighted by Gasteiger charge is 2.33. The molecule has 0 unspecified atom stereocenters. The van der Waals surface area contributed by atoms with Gasteiger partial charge < -0.3 is 19.7 Å². The summed E-state index contributed by atoms with van der Waals surface area (Å²) >= 11 is 12.4. The van der Waals surface area contributed by atoms with Crippen molar-refractivity contribution >= 4 is 50.7 Å². The molecule has 1 N–H and O–H groups in total. The molecule has 2 amide bonds. The Morgan fingerprint density at radius 2 is 1.74 bits per heavy atom. The summed E-state index contributed by atoms with van der Waals surface area (Å²) in [6.07, 6.45) is 1.04. The number of amides is 2. The predicted octanol–water partition coefficient (Wildman–Crippen LogP) is 4.25. The van der Waals surface area contributed by atoms with Gasteiger partial charge >= 0.3 is 0 Å². The lowest BCUT2D eigenvalue weighted by Crippen LogP contribution is -2.52. The Labute approximate surface area is 234 Å². The van der Waals surface area contributed by atoms with Crippen molar-refractivity contribution in [3.05, 3.63) is 52.0 Å². The first kappa shape index (κ1) is 29.9. The molecule has 1 aliphatic heterocycles. The van der Waals surface area contributed by atoms with Gasteiger partial charge in [-0.25, -0.2) is 8.42 Å². The van der Waals surface area contributed by atoms with Gasteiger partial charge in [0.2, 0.25) is 21.8 Å². The van der Waals surface area contributed by atoms with Gasteiger partial charge in [0.1, 0.15) is 25.8 Å². The first-order chi connectivity index (χ1) is 18.1. The highest BCUT2D eigenvalue weighted by molar-refractivity contribution is 7.92. The molecular weight excluding hydrogens is 553 g/mol. The zero-order valence-electron chi connectivity index (χ0n) is 21.7. The molecule has 0 radical (unpaired) electrons. The zero-order valence-corrected chi connectivity index (χ0v) is 24.0. The molecule has 12 heteroatoms. The molecule has 1 atom stereocenters. The van der Waals surface area contributed by atoms with Crippen LogP contribution in [0.3, 0.4) is 0 Å². The first-order valence-electron chi connectivity index (χ1n) is 12.5. The maximum Gasteiger partial charge on any atom is 0.244 e. The molecular formula is C26H33Cl2N3O6S. The van der Waals surface area contributed by atoms with Crippen LogP contribution in [0.5, 0.6) is 11.5 Å². The third-order valence-electron chi connectivity index (χ3n) is 6.08. The van der Waals surface area contributed by atoms with Gasteiger partial charge in [-0.1, -0.05) is 43.1 Å². The topological polar surface area (TPSA) is 105 Å². The maximum atomic E-state index is 13.9. The molecule has 208 valence electrons. The summed E-state index contributed by atoms with van der Waals surface area (Å²) in [4.78, 5) is 28.3. The molecule has 38 heavy (non-hydrogen) atoms. The van der Waals surface area contributed by atoms with E-state index < -0.39 is 28.5 Å². The predicted molar refractivity (Wildman–Crippen MR) is 149 cm³/mol. The SMILES string of the molecule is CCCNC(=O)[C@H](CC)N(Cc1ccc(Cl)cc1Cl)C(=O)CN(c1ccc2c(c1)OCCO2)S(=O)(=O)CC. The summed E-state index contributed by atoms with van der Waals surface area (Å²) in [5.74, 6) is -0.213. The molecule has 0 aliphatic carbocycles. The van der Waals surface area contributed by atoms with E-state index in [9.17, 15) is 18.0 Å². The van der Waals surface area contributed by atoms with E-state index in [2.05, 4.69) is 5.32 Å². The minimum Gasteiger partial charge on any atom is -0.486 e. The fourth-order valence-electron chi connectivity index (χ4n) is 4.03. The second-order valence-electron chi connectivity index (χ2n) is 8.71. The van der Waals surface area contributed by atoms with Crippen molar-refractivity contribution in [3.63, 3.8) is 0 Å². The zero-order chi connectivity index (χ0) is 27.9. The standard InChI is InChI=1S/C26H33Cl2N3O6S/c1-4-11-29-26(33)22(5-2)30(16-18-7-8-19(27)14-21(18)28)25(32)17-31(38(34,35)6-3)20-9-10-23-24(15-20)37-13-12-36-23/h7-10,14-15,22H,4-6,11-13,16-17H2,1-3H3,(H,29,33)/t22-/m0/s1. The molecule has 2 aromatic carbocycles. The molecule has 0 fully saturated rings. The van der Waals surface area contributed by atoms with Crippen molar-refractivity contribution in [1.29, 1.82) is 0 Å². The second kappa shape index (κ2) is 13.4. The minimum absolute atomic E-state index is 0.00591. The molecule has 0 saturated carbocycles. The summed E-state index contributed by atoms with van der Waals surface area (Å²) < 4.78 is 38.5.